The van der Waals surface area contributed by atoms with Crippen LogP contribution in [-0.4, -0.2) is 45.4 Å². The van der Waals surface area contributed by atoms with E-state index in [9.17, 15) is 20.6 Å². The highest BCUT2D eigenvalue weighted by Crippen LogP contribution is 2.56. The highest BCUT2D eigenvalue weighted by Gasteiger charge is 2.55. The number of nitrogens with two attached hydrogens (primary N) is 1. The molecule has 2 aromatic carbocycles. The number of hydrogen-bond acceptors (Lipinski definition) is 9. The Morgan fingerprint density at radius 2 is 1.69 bits per heavy atom. The molecule has 0 saturated heterocycles. The van der Waals surface area contributed by atoms with E-state index in [4.69, 9.17) is 24.7 Å². The summed E-state index contributed by atoms with van der Waals surface area (Å²) < 4.78 is 22.0. The van der Waals surface area contributed by atoms with Crippen LogP contribution in [0, 0.1) is 45.3 Å². The molecule has 0 radical (unpaired) electrons. The van der Waals surface area contributed by atoms with E-state index in [0.29, 0.717) is 28.4 Å². The molecular weight excluding hydrogens is 498 g/mol. The van der Waals surface area contributed by atoms with E-state index in [1.807, 2.05) is 30.3 Å². The Bertz CT molecular complexity index is 1420. The molecule has 2 aliphatic rings. The number of methoxy groups -OCH3 is 3. The number of ether oxygens (including phenoxy) is 4. The van der Waals surface area contributed by atoms with Gasteiger partial charge in [0.2, 0.25) is 5.75 Å². The number of carbonyl (C=O) groups is 1. The molecule has 4 rings (SSSR count). The molecule has 39 heavy (non-hydrogen) atoms. The van der Waals surface area contributed by atoms with Gasteiger partial charge in [0.25, 0.3) is 0 Å². The van der Waals surface area contributed by atoms with E-state index < -0.39 is 23.3 Å². The van der Waals surface area contributed by atoms with E-state index in [1.165, 1.54) is 26.2 Å². The molecule has 0 spiro atoms. The van der Waals surface area contributed by atoms with Crippen molar-refractivity contribution < 1.29 is 23.7 Å². The first-order valence-electron chi connectivity index (χ1n) is 12.1. The van der Waals surface area contributed by atoms with Gasteiger partial charge in [0.05, 0.1) is 44.7 Å². The summed E-state index contributed by atoms with van der Waals surface area (Å²) in [6.45, 7) is 0.348. The van der Waals surface area contributed by atoms with E-state index in [1.54, 1.807) is 18.2 Å². The topological polar surface area (TPSA) is 155 Å². The maximum Gasteiger partial charge on any atom is 0.410 e. The standard InChI is InChI=1S/C29H27N5O5/c1-36-23-11-19(12-24(37-2)26(23)38-3)25-22-14-34(28(35)39-15-18-7-5-4-6-8-18)10-9-20(22)21(13-30)27(33)29(25,16-31)17-32/h4-9,11-12,22,25H,10,14-15,33H2,1-3H3/t22-,25-/m0/s1. The van der Waals surface area contributed by atoms with Crippen molar-refractivity contribution in [3.63, 3.8) is 0 Å². The van der Waals surface area contributed by atoms with Crippen molar-refractivity contribution in [3.05, 3.63) is 76.5 Å². The number of nitriles is 3. The van der Waals surface area contributed by atoms with Gasteiger partial charge in [0, 0.05) is 24.9 Å². The Balaban J connectivity index is 1.82. The van der Waals surface area contributed by atoms with E-state index in [-0.39, 0.29) is 31.0 Å². The summed E-state index contributed by atoms with van der Waals surface area (Å²) in [6, 6.07) is 18.9. The van der Waals surface area contributed by atoms with Gasteiger partial charge < -0.3 is 29.6 Å². The fourth-order valence-electron chi connectivity index (χ4n) is 5.30. The smallest absolute Gasteiger partial charge is 0.410 e. The van der Waals surface area contributed by atoms with Gasteiger partial charge in [-0.1, -0.05) is 36.4 Å². The molecule has 198 valence electrons. The first-order chi connectivity index (χ1) is 18.9. The van der Waals surface area contributed by atoms with Crippen molar-refractivity contribution in [2.24, 2.45) is 17.1 Å². The molecular formula is C29H27N5O5. The molecule has 1 heterocycles. The number of rotatable bonds is 6. The lowest BCUT2D eigenvalue weighted by Crippen LogP contribution is -2.49. The van der Waals surface area contributed by atoms with Crippen LogP contribution in [0.5, 0.6) is 17.2 Å². The van der Waals surface area contributed by atoms with Gasteiger partial charge in [-0.2, -0.15) is 15.8 Å². The number of benzene rings is 2. The molecule has 2 N–H and O–H groups in total. The Morgan fingerprint density at radius 3 is 2.23 bits per heavy atom. The molecule has 1 amide bonds. The number of hydrogen-bond donors (Lipinski definition) is 1. The lowest BCUT2D eigenvalue weighted by Gasteiger charge is -2.45. The summed E-state index contributed by atoms with van der Waals surface area (Å²) in [7, 11) is 4.39. The second-order valence-electron chi connectivity index (χ2n) is 9.08. The van der Waals surface area contributed by atoms with Crippen molar-refractivity contribution >= 4 is 6.09 Å². The number of allylic oxidation sites excluding steroid dienone is 2. The zero-order chi connectivity index (χ0) is 28.2. The van der Waals surface area contributed by atoms with Gasteiger partial charge in [0.15, 0.2) is 16.9 Å². The molecule has 0 bridgehead atoms. The van der Waals surface area contributed by atoms with Crippen LogP contribution in [0.15, 0.2) is 65.4 Å². The summed E-state index contributed by atoms with van der Waals surface area (Å²) in [5, 5.41) is 30.7. The molecule has 0 aromatic heterocycles. The van der Waals surface area contributed by atoms with Crippen LogP contribution in [0.3, 0.4) is 0 Å². The highest BCUT2D eigenvalue weighted by atomic mass is 16.6. The summed E-state index contributed by atoms with van der Waals surface area (Å²) in [4.78, 5) is 14.6. The van der Waals surface area contributed by atoms with Gasteiger partial charge in [0.1, 0.15) is 12.7 Å². The summed E-state index contributed by atoms with van der Waals surface area (Å²) >= 11 is 0. The van der Waals surface area contributed by atoms with Crippen molar-refractivity contribution in [2.75, 3.05) is 34.4 Å². The fraction of sp³-hybridized carbons (Fsp3) is 0.310. The number of amides is 1. The third-order valence-electron chi connectivity index (χ3n) is 7.17. The molecule has 1 aliphatic heterocycles. The van der Waals surface area contributed by atoms with E-state index in [0.717, 1.165) is 5.56 Å². The second-order valence-corrected chi connectivity index (χ2v) is 9.08. The van der Waals surface area contributed by atoms with Gasteiger partial charge in [-0.25, -0.2) is 4.79 Å². The quantitative estimate of drug-likeness (QED) is 0.593. The molecule has 2 atom stereocenters. The van der Waals surface area contributed by atoms with Crippen LogP contribution in [-0.2, 0) is 11.3 Å². The lowest BCUT2D eigenvalue weighted by atomic mass is 9.58. The second kappa shape index (κ2) is 11.1. The van der Waals surface area contributed by atoms with Gasteiger partial charge in [-0.15, -0.1) is 0 Å². The predicted molar refractivity (Wildman–Crippen MR) is 139 cm³/mol. The molecule has 10 nitrogen and oxygen atoms in total. The van der Waals surface area contributed by atoms with Gasteiger partial charge in [-0.3, -0.25) is 0 Å². The Kier molecular flexibility index (Phi) is 7.65. The number of carbonyl (C=O) groups excluding carboxylic acids is 1. The largest absolute Gasteiger partial charge is 0.493 e. The Morgan fingerprint density at radius 1 is 1.05 bits per heavy atom. The number of fused-ring (bicyclic) bond motifs is 1. The van der Waals surface area contributed by atoms with Crippen molar-refractivity contribution in [1.82, 2.24) is 4.90 Å². The molecule has 0 fully saturated rings. The molecule has 1 aliphatic carbocycles. The van der Waals surface area contributed by atoms with Crippen LogP contribution >= 0.6 is 0 Å². The average molecular weight is 526 g/mol. The van der Waals surface area contributed by atoms with Crippen molar-refractivity contribution in [2.45, 2.75) is 12.5 Å². The minimum absolute atomic E-state index is 0.0732. The first kappa shape index (κ1) is 26.9. The third kappa shape index (κ3) is 4.56. The predicted octanol–water partition coefficient (Wildman–Crippen LogP) is 3.77. The Hall–Kier alpha value is -5.14. The minimum Gasteiger partial charge on any atom is -0.493 e. The highest BCUT2D eigenvalue weighted by molar-refractivity contribution is 5.70. The van der Waals surface area contributed by atoms with Crippen molar-refractivity contribution in [1.29, 1.82) is 15.8 Å². The zero-order valence-corrected chi connectivity index (χ0v) is 21.8. The van der Waals surface area contributed by atoms with Crippen molar-refractivity contribution in [3.8, 4) is 35.5 Å². The monoisotopic (exact) mass is 525 g/mol. The lowest BCUT2D eigenvalue weighted by molar-refractivity contribution is 0.0898. The first-order valence-corrected chi connectivity index (χ1v) is 12.1. The molecule has 2 aromatic rings. The SMILES string of the molecule is COc1cc([C@H]2[C@H]3CN(C(=O)OCc4ccccc4)CC=C3C(C#N)=C(N)C2(C#N)C#N)cc(OC)c1OC. The van der Waals surface area contributed by atoms with Crippen LogP contribution < -0.4 is 19.9 Å². The summed E-state index contributed by atoms with van der Waals surface area (Å²) in [5.41, 5.74) is 6.35. The summed E-state index contributed by atoms with van der Waals surface area (Å²) in [6.07, 6.45) is 1.17. The van der Waals surface area contributed by atoms with Crippen LogP contribution in [0.1, 0.15) is 17.0 Å². The number of nitrogens with zero attached hydrogens (tertiary/aromatic N) is 4. The third-order valence-corrected chi connectivity index (χ3v) is 7.17. The maximum absolute atomic E-state index is 13.1. The van der Waals surface area contributed by atoms with E-state index >= 15 is 0 Å². The summed E-state index contributed by atoms with van der Waals surface area (Å²) in [5.74, 6) is -0.524. The molecule has 0 saturated carbocycles. The van der Waals surface area contributed by atoms with Crippen LogP contribution in [0.4, 0.5) is 4.79 Å². The van der Waals surface area contributed by atoms with E-state index in [2.05, 4.69) is 18.2 Å². The van der Waals surface area contributed by atoms with Gasteiger partial charge >= 0.3 is 6.09 Å². The normalized spacial score (nSPS) is 19.4. The maximum atomic E-state index is 13.1. The molecule has 10 heteroatoms. The molecule has 0 unspecified atom stereocenters. The fourth-order valence-corrected chi connectivity index (χ4v) is 5.30. The minimum atomic E-state index is -1.91. The Labute approximate surface area is 226 Å². The van der Waals surface area contributed by atoms with Crippen LogP contribution in [0.2, 0.25) is 0 Å². The van der Waals surface area contributed by atoms with Gasteiger partial charge in [-0.05, 0) is 28.8 Å². The van der Waals surface area contributed by atoms with Crippen LogP contribution in [0.25, 0.3) is 0 Å². The average Bonchev–Trinajstić information content (AvgIpc) is 2.98. The zero-order valence-electron chi connectivity index (χ0n) is 21.8.